The minimum Gasteiger partial charge on any atom is -0.364 e. The third-order valence-corrected chi connectivity index (χ3v) is 4.03. The Kier molecular flexibility index (Phi) is 4.83. The first kappa shape index (κ1) is 15.4. The largest absolute Gasteiger partial charge is 0.364 e. The molecule has 0 atom stereocenters. The molecule has 23 heavy (non-hydrogen) atoms. The Morgan fingerprint density at radius 3 is 2.83 bits per heavy atom. The second-order valence-electron chi connectivity index (χ2n) is 5.72. The van der Waals surface area contributed by atoms with Crippen LogP contribution in [-0.2, 0) is 6.54 Å². The SMILES string of the molecule is NC(=O)c1cccc(N2CCCN(Cc3cccnc3)CC2)n1. The number of primary amides is 1. The quantitative estimate of drug-likeness (QED) is 0.921. The van der Waals surface area contributed by atoms with E-state index in [0.717, 1.165) is 45.0 Å². The number of hydrogen-bond donors (Lipinski definition) is 1. The molecule has 0 aliphatic carbocycles. The van der Waals surface area contributed by atoms with E-state index in [4.69, 9.17) is 5.73 Å². The van der Waals surface area contributed by atoms with Crippen LogP contribution in [0.2, 0.25) is 0 Å². The van der Waals surface area contributed by atoms with Crippen LogP contribution in [-0.4, -0.2) is 47.0 Å². The van der Waals surface area contributed by atoms with E-state index >= 15 is 0 Å². The van der Waals surface area contributed by atoms with Crippen LogP contribution in [0.5, 0.6) is 0 Å². The molecule has 0 spiro atoms. The summed E-state index contributed by atoms with van der Waals surface area (Å²) in [5, 5.41) is 0. The maximum atomic E-state index is 11.3. The lowest BCUT2D eigenvalue weighted by Gasteiger charge is -2.23. The fourth-order valence-electron chi connectivity index (χ4n) is 2.84. The number of nitrogens with zero attached hydrogens (tertiary/aromatic N) is 4. The number of hydrogen-bond acceptors (Lipinski definition) is 5. The highest BCUT2D eigenvalue weighted by Crippen LogP contribution is 2.15. The van der Waals surface area contributed by atoms with E-state index in [1.165, 1.54) is 5.56 Å². The van der Waals surface area contributed by atoms with Gasteiger partial charge in [0.05, 0.1) is 0 Å². The van der Waals surface area contributed by atoms with Crippen LogP contribution in [0.25, 0.3) is 0 Å². The Hall–Kier alpha value is -2.47. The van der Waals surface area contributed by atoms with Gasteiger partial charge < -0.3 is 10.6 Å². The van der Waals surface area contributed by atoms with E-state index in [2.05, 4.69) is 25.8 Å². The van der Waals surface area contributed by atoms with Gasteiger partial charge in [-0.3, -0.25) is 14.7 Å². The summed E-state index contributed by atoms with van der Waals surface area (Å²) in [6, 6.07) is 9.49. The summed E-state index contributed by atoms with van der Waals surface area (Å²) in [5.41, 5.74) is 6.87. The standard InChI is InChI=1S/C17H21N5O/c18-17(23)15-5-1-6-16(20-15)22-9-3-8-21(10-11-22)13-14-4-2-7-19-12-14/h1-2,4-7,12H,3,8-11,13H2,(H2,18,23). The predicted octanol–water partition coefficient (Wildman–Crippen LogP) is 1.29. The molecule has 2 aromatic heterocycles. The molecule has 1 saturated heterocycles. The summed E-state index contributed by atoms with van der Waals surface area (Å²) in [6.07, 6.45) is 4.77. The van der Waals surface area contributed by atoms with Crippen molar-refractivity contribution in [1.29, 1.82) is 0 Å². The van der Waals surface area contributed by atoms with Crippen molar-refractivity contribution in [2.75, 3.05) is 31.1 Å². The Morgan fingerprint density at radius 1 is 1.13 bits per heavy atom. The summed E-state index contributed by atoms with van der Waals surface area (Å²) in [6.45, 7) is 4.73. The Morgan fingerprint density at radius 2 is 2.04 bits per heavy atom. The van der Waals surface area contributed by atoms with Gasteiger partial charge in [-0.05, 0) is 30.2 Å². The van der Waals surface area contributed by atoms with E-state index in [1.807, 2.05) is 24.4 Å². The van der Waals surface area contributed by atoms with Crippen molar-refractivity contribution in [1.82, 2.24) is 14.9 Å². The number of aromatic nitrogens is 2. The summed E-state index contributed by atoms with van der Waals surface area (Å²) in [5.74, 6) is 0.337. The third-order valence-electron chi connectivity index (χ3n) is 4.03. The molecule has 2 aromatic rings. The van der Waals surface area contributed by atoms with Gasteiger partial charge in [0, 0.05) is 45.1 Å². The predicted molar refractivity (Wildman–Crippen MR) is 89.1 cm³/mol. The van der Waals surface area contributed by atoms with Crippen LogP contribution in [0.3, 0.4) is 0 Å². The average molecular weight is 311 g/mol. The molecule has 3 heterocycles. The first-order chi connectivity index (χ1) is 11.2. The number of amides is 1. The molecule has 3 rings (SSSR count). The number of anilines is 1. The van der Waals surface area contributed by atoms with Crippen LogP contribution in [0.1, 0.15) is 22.5 Å². The Labute approximate surface area is 135 Å². The molecule has 0 aromatic carbocycles. The maximum Gasteiger partial charge on any atom is 0.267 e. The van der Waals surface area contributed by atoms with Crippen LogP contribution in [0.15, 0.2) is 42.7 Å². The summed E-state index contributed by atoms with van der Waals surface area (Å²) in [7, 11) is 0. The summed E-state index contributed by atoms with van der Waals surface area (Å²) in [4.78, 5) is 24.5. The van der Waals surface area contributed by atoms with E-state index in [1.54, 1.807) is 12.3 Å². The normalized spacial score (nSPS) is 16.1. The van der Waals surface area contributed by atoms with E-state index < -0.39 is 5.91 Å². The monoisotopic (exact) mass is 311 g/mol. The summed E-state index contributed by atoms with van der Waals surface area (Å²) < 4.78 is 0. The van der Waals surface area contributed by atoms with Gasteiger partial charge in [-0.15, -0.1) is 0 Å². The molecule has 1 fully saturated rings. The fraction of sp³-hybridized carbons (Fsp3) is 0.353. The molecule has 2 N–H and O–H groups in total. The van der Waals surface area contributed by atoms with Crippen LogP contribution >= 0.6 is 0 Å². The molecule has 6 nitrogen and oxygen atoms in total. The van der Waals surface area contributed by atoms with E-state index in [-0.39, 0.29) is 0 Å². The zero-order valence-electron chi connectivity index (χ0n) is 13.1. The topological polar surface area (TPSA) is 75.4 Å². The number of nitrogens with two attached hydrogens (primary N) is 1. The Bertz CT molecular complexity index is 661. The molecule has 0 radical (unpaired) electrons. The fourth-order valence-corrected chi connectivity index (χ4v) is 2.84. The number of carbonyl (C=O) groups excluding carboxylic acids is 1. The first-order valence-electron chi connectivity index (χ1n) is 7.85. The van der Waals surface area contributed by atoms with Gasteiger partial charge in [0.25, 0.3) is 5.91 Å². The van der Waals surface area contributed by atoms with Crippen molar-refractivity contribution < 1.29 is 4.79 Å². The highest BCUT2D eigenvalue weighted by molar-refractivity contribution is 5.91. The first-order valence-corrected chi connectivity index (χ1v) is 7.85. The molecule has 6 heteroatoms. The molecule has 1 aliphatic rings. The van der Waals surface area contributed by atoms with Gasteiger partial charge in [-0.25, -0.2) is 4.98 Å². The zero-order chi connectivity index (χ0) is 16.1. The number of pyridine rings is 2. The highest BCUT2D eigenvalue weighted by Gasteiger charge is 2.17. The van der Waals surface area contributed by atoms with Crippen LogP contribution < -0.4 is 10.6 Å². The molecule has 1 amide bonds. The van der Waals surface area contributed by atoms with Crippen LogP contribution in [0, 0.1) is 0 Å². The minimum atomic E-state index is -0.486. The molecular formula is C17H21N5O. The molecule has 1 aliphatic heterocycles. The number of rotatable bonds is 4. The van der Waals surface area contributed by atoms with Gasteiger partial charge in [-0.2, -0.15) is 0 Å². The van der Waals surface area contributed by atoms with Gasteiger partial charge in [0.2, 0.25) is 0 Å². The van der Waals surface area contributed by atoms with Crippen LogP contribution in [0.4, 0.5) is 5.82 Å². The lowest BCUT2D eigenvalue weighted by molar-refractivity contribution is 0.0995. The Balaban J connectivity index is 1.64. The van der Waals surface area contributed by atoms with Crippen molar-refractivity contribution in [3.05, 3.63) is 54.0 Å². The lowest BCUT2D eigenvalue weighted by atomic mass is 10.2. The highest BCUT2D eigenvalue weighted by atomic mass is 16.1. The van der Waals surface area contributed by atoms with Gasteiger partial charge in [0.1, 0.15) is 11.5 Å². The molecular weight excluding hydrogens is 290 g/mol. The van der Waals surface area contributed by atoms with E-state index in [9.17, 15) is 4.79 Å². The zero-order valence-corrected chi connectivity index (χ0v) is 13.1. The van der Waals surface area contributed by atoms with Crippen molar-refractivity contribution in [2.45, 2.75) is 13.0 Å². The van der Waals surface area contributed by atoms with Gasteiger partial charge in [-0.1, -0.05) is 12.1 Å². The van der Waals surface area contributed by atoms with Crippen molar-refractivity contribution >= 4 is 11.7 Å². The van der Waals surface area contributed by atoms with E-state index in [0.29, 0.717) is 5.69 Å². The van der Waals surface area contributed by atoms with Gasteiger partial charge in [0.15, 0.2) is 0 Å². The molecule has 0 saturated carbocycles. The second kappa shape index (κ2) is 7.19. The average Bonchev–Trinajstić information content (AvgIpc) is 2.81. The molecule has 0 bridgehead atoms. The molecule has 120 valence electrons. The van der Waals surface area contributed by atoms with Crippen molar-refractivity contribution in [3.8, 4) is 0 Å². The smallest absolute Gasteiger partial charge is 0.267 e. The summed E-state index contributed by atoms with van der Waals surface area (Å²) >= 11 is 0. The number of carbonyl (C=O) groups is 1. The molecule has 0 unspecified atom stereocenters. The van der Waals surface area contributed by atoms with Crippen molar-refractivity contribution in [3.63, 3.8) is 0 Å². The maximum absolute atomic E-state index is 11.3. The second-order valence-corrected chi connectivity index (χ2v) is 5.72. The third kappa shape index (κ3) is 4.04. The minimum absolute atomic E-state index is 0.318. The van der Waals surface area contributed by atoms with Gasteiger partial charge >= 0.3 is 0 Å². The lowest BCUT2D eigenvalue weighted by Crippen LogP contribution is -2.31. The van der Waals surface area contributed by atoms with Crippen molar-refractivity contribution in [2.24, 2.45) is 5.73 Å².